The number of amides is 2. The fourth-order valence-electron chi connectivity index (χ4n) is 4.07. The molecule has 5 rings (SSSR count). The molecule has 12 heteroatoms. The number of nitrogens with one attached hydrogen (secondary N) is 1. The molecular formula is C24H19F3N6O3. The van der Waals surface area contributed by atoms with Crippen LogP contribution in [0.3, 0.4) is 0 Å². The third-order valence-electron chi connectivity index (χ3n) is 5.82. The molecule has 1 aliphatic heterocycles. The highest BCUT2D eigenvalue weighted by atomic mass is 19.4. The van der Waals surface area contributed by atoms with Crippen molar-refractivity contribution >= 4 is 34.2 Å². The molecule has 1 fully saturated rings. The van der Waals surface area contributed by atoms with Crippen LogP contribution in [0.15, 0.2) is 65.8 Å². The molecule has 0 saturated carbocycles. The van der Waals surface area contributed by atoms with Gasteiger partial charge in [-0.3, -0.25) is 19.0 Å². The number of nitrogens with zero attached hydrogens (tertiary/aromatic N) is 5. The summed E-state index contributed by atoms with van der Waals surface area (Å²) in [6.45, 7) is 0.330. The van der Waals surface area contributed by atoms with E-state index in [1.165, 1.54) is 18.3 Å². The van der Waals surface area contributed by atoms with Crippen LogP contribution in [0.2, 0.25) is 0 Å². The number of carbonyl (C=O) groups excluding carboxylic acids is 2. The number of hydrogen-bond acceptors (Lipinski definition) is 5. The van der Waals surface area contributed by atoms with Crippen molar-refractivity contribution in [1.29, 1.82) is 0 Å². The van der Waals surface area contributed by atoms with Gasteiger partial charge in [0.1, 0.15) is 18.3 Å². The number of halogens is 3. The van der Waals surface area contributed by atoms with Gasteiger partial charge in [-0.25, -0.2) is 9.67 Å². The number of fused-ring (bicyclic) bond motifs is 1. The van der Waals surface area contributed by atoms with Gasteiger partial charge in [0.25, 0.3) is 5.56 Å². The van der Waals surface area contributed by atoms with E-state index in [0.29, 0.717) is 18.7 Å². The number of anilines is 2. The van der Waals surface area contributed by atoms with Crippen molar-refractivity contribution in [2.24, 2.45) is 0 Å². The van der Waals surface area contributed by atoms with Crippen molar-refractivity contribution in [2.75, 3.05) is 16.8 Å². The van der Waals surface area contributed by atoms with Crippen molar-refractivity contribution in [3.8, 4) is 5.69 Å². The van der Waals surface area contributed by atoms with Gasteiger partial charge in [0, 0.05) is 24.3 Å². The Bertz CT molecular complexity index is 1520. The Hall–Kier alpha value is -4.48. The zero-order valence-electron chi connectivity index (χ0n) is 18.7. The van der Waals surface area contributed by atoms with Crippen LogP contribution in [-0.2, 0) is 22.3 Å². The maximum Gasteiger partial charge on any atom is 0.416 e. The van der Waals surface area contributed by atoms with E-state index < -0.39 is 23.2 Å². The maximum absolute atomic E-state index is 13.1. The molecule has 0 spiro atoms. The molecule has 184 valence electrons. The Morgan fingerprint density at radius 3 is 2.53 bits per heavy atom. The van der Waals surface area contributed by atoms with Crippen molar-refractivity contribution in [2.45, 2.75) is 25.6 Å². The molecule has 0 unspecified atom stereocenters. The van der Waals surface area contributed by atoms with Gasteiger partial charge in [0.15, 0.2) is 5.65 Å². The molecule has 9 nitrogen and oxygen atoms in total. The molecule has 0 atom stereocenters. The fraction of sp³-hybridized carbons (Fsp3) is 0.208. The number of rotatable bonds is 5. The summed E-state index contributed by atoms with van der Waals surface area (Å²) in [6.07, 6.45) is -0.845. The van der Waals surface area contributed by atoms with Gasteiger partial charge in [-0.2, -0.15) is 18.3 Å². The number of hydrogen-bond donors (Lipinski definition) is 1. The summed E-state index contributed by atoms with van der Waals surface area (Å²) in [4.78, 5) is 43.1. The molecule has 0 radical (unpaired) electrons. The lowest BCUT2D eigenvalue weighted by atomic mass is 10.2. The first-order valence-electron chi connectivity index (χ1n) is 11.0. The first-order valence-corrected chi connectivity index (χ1v) is 11.0. The zero-order chi connectivity index (χ0) is 25.4. The standard InChI is InChI=1S/C24H19F3N6O3/c25-24(26,27)15-3-1-4-18(11-15)33-22-19(12-29-33)23(36)31(14-28-22)13-20(34)30-16-6-8-17(9-7-16)32-10-2-5-21(32)35/h1,3-4,6-9,11-12,14H,2,5,10,13H2,(H,30,34). The summed E-state index contributed by atoms with van der Waals surface area (Å²) in [5.74, 6) is -0.418. The van der Waals surface area contributed by atoms with E-state index in [9.17, 15) is 27.6 Å². The second kappa shape index (κ2) is 8.95. The molecule has 1 N–H and O–H groups in total. The van der Waals surface area contributed by atoms with Crippen molar-refractivity contribution in [3.05, 3.63) is 77.0 Å². The number of aromatic nitrogens is 4. The lowest BCUT2D eigenvalue weighted by Crippen LogP contribution is -2.28. The highest BCUT2D eigenvalue weighted by Crippen LogP contribution is 2.30. The van der Waals surface area contributed by atoms with E-state index in [1.54, 1.807) is 29.2 Å². The molecule has 0 bridgehead atoms. The van der Waals surface area contributed by atoms with Crippen LogP contribution in [0.4, 0.5) is 24.5 Å². The van der Waals surface area contributed by atoms with Gasteiger partial charge >= 0.3 is 6.18 Å². The van der Waals surface area contributed by atoms with Crippen molar-refractivity contribution in [1.82, 2.24) is 19.3 Å². The van der Waals surface area contributed by atoms with Gasteiger partial charge in [-0.05, 0) is 48.9 Å². The minimum Gasteiger partial charge on any atom is -0.325 e. The topological polar surface area (TPSA) is 102 Å². The molecule has 3 heterocycles. The second-order valence-electron chi connectivity index (χ2n) is 8.26. The predicted octanol–water partition coefficient (Wildman–Crippen LogP) is 3.37. The lowest BCUT2D eigenvalue weighted by molar-refractivity contribution is -0.137. The van der Waals surface area contributed by atoms with Crippen LogP contribution in [0.5, 0.6) is 0 Å². The minimum absolute atomic E-state index is 0.0577. The van der Waals surface area contributed by atoms with Crippen LogP contribution in [0, 0.1) is 0 Å². The van der Waals surface area contributed by atoms with Crippen LogP contribution in [0.25, 0.3) is 16.7 Å². The Morgan fingerprint density at radius 1 is 1.06 bits per heavy atom. The summed E-state index contributed by atoms with van der Waals surface area (Å²) < 4.78 is 41.4. The van der Waals surface area contributed by atoms with Gasteiger partial charge < -0.3 is 10.2 Å². The van der Waals surface area contributed by atoms with E-state index in [0.717, 1.165) is 39.8 Å². The van der Waals surface area contributed by atoms with Gasteiger partial charge in [-0.15, -0.1) is 0 Å². The van der Waals surface area contributed by atoms with E-state index >= 15 is 0 Å². The minimum atomic E-state index is -4.53. The van der Waals surface area contributed by atoms with Gasteiger partial charge in [0.05, 0.1) is 17.4 Å². The Labute approximate surface area is 201 Å². The molecule has 4 aromatic rings. The van der Waals surface area contributed by atoms with Crippen LogP contribution in [0.1, 0.15) is 18.4 Å². The molecule has 2 aromatic heterocycles. The van der Waals surface area contributed by atoms with E-state index in [2.05, 4.69) is 15.4 Å². The average molecular weight is 496 g/mol. The van der Waals surface area contributed by atoms with Crippen LogP contribution >= 0.6 is 0 Å². The largest absolute Gasteiger partial charge is 0.416 e. The third-order valence-corrected chi connectivity index (χ3v) is 5.82. The quantitative estimate of drug-likeness (QED) is 0.457. The highest BCUT2D eigenvalue weighted by Gasteiger charge is 2.30. The van der Waals surface area contributed by atoms with E-state index in [-0.39, 0.29) is 29.2 Å². The first-order chi connectivity index (χ1) is 17.2. The fourth-order valence-corrected chi connectivity index (χ4v) is 4.07. The number of benzene rings is 2. The van der Waals surface area contributed by atoms with Gasteiger partial charge in [-0.1, -0.05) is 6.07 Å². The molecule has 1 aliphatic rings. The second-order valence-corrected chi connectivity index (χ2v) is 8.26. The summed E-state index contributed by atoms with van der Waals surface area (Å²) >= 11 is 0. The van der Waals surface area contributed by atoms with Crippen molar-refractivity contribution < 1.29 is 22.8 Å². The summed E-state index contributed by atoms with van der Waals surface area (Å²) in [7, 11) is 0. The van der Waals surface area contributed by atoms with Crippen LogP contribution < -0.4 is 15.8 Å². The molecule has 2 amide bonds. The molecule has 2 aromatic carbocycles. The molecule has 0 aliphatic carbocycles. The first kappa shape index (κ1) is 23.3. The Kier molecular flexibility index (Phi) is 5.78. The maximum atomic E-state index is 13.1. The predicted molar refractivity (Wildman–Crippen MR) is 125 cm³/mol. The average Bonchev–Trinajstić information content (AvgIpc) is 3.48. The lowest BCUT2D eigenvalue weighted by Gasteiger charge is -2.16. The zero-order valence-corrected chi connectivity index (χ0v) is 18.7. The normalized spacial score (nSPS) is 14.0. The van der Waals surface area contributed by atoms with Crippen LogP contribution in [-0.4, -0.2) is 37.7 Å². The summed E-state index contributed by atoms with van der Waals surface area (Å²) in [5.41, 5.74) is 0.00308. The van der Waals surface area contributed by atoms with Crippen molar-refractivity contribution in [3.63, 3.8) is 0 Å². The Morgan fingerprint density at radius 2 is 1.83 bits per heavy atom. The highest BCUT2D eigenvalue weighted by molar-refractivity contribution is 5.96. The summed E-state index contributed by atoms with van der Waals surface area (Å²) in [5, 5.41) is 6.78. The SMILES string of the molecule is O=C(Cn1cnc2c(cnn2-c2cccc(C(F)(F)F)c2)c1=O)Nc1ccc(N2CCCC2=O)cc1. The number of carbonyl (C=O) groups is 2. The van der Waals surface area contributed by atoms with E-state index in [4.69, 9.17) is 0 Å². The Balaban J connectivity index is 1.33. The molecular weight excluding hydrogens is 477 g/mol. The third kappa shape index (κ3) is 4.44. The molecule has 1 saturated heterocycles. The molecule has 36 heavy (non-hydrogen) atoms. The monoisotopic (exact) mass is 496 g/mol. The van der Waals surface area contributed by atoms with Gasteiger partial charge in [0.2, 0.25) is 11.8 Å². The smallest absolute Gasteiger partial charge is 0.325 e. The number of alkyl halides is 3. The summed E-state index contributed by atoms with van der Waals surface area (Å²) in [6, 6.07) is 11.3. The van der Waals surface area contributed by atoms with E-state index in [1.807, 2.05) is 0 Å².